The molecule has 2 aromatic heterocycles. The quantitative estimate of drug-likeness (QED) is 0.763. The molecular formula is C20H22N4O2. The fraction of sp³-hybridized carbons (Fsp3) is 0.350. The molecule has 0 unspecified atom stereocenters. The molecule has 0 amide bonds. The number of hydrogen-bond donors (Lipinski definition) is 1. The lowest BCUT2D eigenvalue weighted by atomic mass is 10.1. The summed E-state index contributed by atoms with van der Waals surface area (Å²) in [6, 6.07) is 14.2. The number of rotatable bonds is 5. The van der Waals surface area contributed by atoms with Crippen molar-refractivity contribution >= 4 is 5.82 Å². The first-order chi connectivity index (χ1) is 12.8. The lowest BCUT2D eigenvalue weighted by molar-refractivity contribution is 0.145. The average molecular weight is 350 g/mol. The van der Waals surface area contributed by atoms with E-state index in [1.165, 1.54) is 5.56 Å². The molecule has 1 aliphatic rings. The van der Waals surface area contributed by atoms with Crippen LogP contribution in [0.3, 0.4) is 0 Å². The summed E-state index contributed by atoms with van der Waals surface area (Å²) < 4.78 is 5.39. The molecule has 0 bridgehead atoms. The summed E-state index contributed by atoms with van der Waals surface area (Å²) in [6.45, 7) is 1.66. The Bertz CT molecular complexity index is 825. The van der Waals surface area contributed by atoms with Crippen molar-refractivity contribution in [1.82, 2.24) is 15.1 Å². The zero-order chi connectivity index (χ0) is 17.8. The summed E-state index contributed by atoms with van der Waals surface area (Å²) in [6.07, 6.45) is 4.80. The first-order valence-corrected chi connectivity index (χ1v) is 9.04. The number of aliphatic hydroxyl groups is 1. The number of piperidine rings is 1. The van der Waals surface area contributed by atoms with Gasteiger partial charge in [-0.05, 0) is 37.0 Å². The van der Waals surface area contributed by atoms with E-state index in [9.17, 15) is 5.11 Å². The predicted molar refractivity (Wildman–Crippen MR) is 98.8 cm³/mol. The van der Waals surface area contributed by atoms with Crippen LogP contribution in [-0.4, -0.2) is 39.4 Å². The summed E-state index contributed by atoms with van der Waals surface area (Å²) in [5.41, 5.74) is 2.08. The third-order valence-corrected chi connectivity index (χ3v) is 4.73. The maximum atomic E-state index is 9.61. The van der Waals surface area contributed by atoms with Crippen LogP contribution in [-0.2, 0) is 12.8 Å². The maximum Gasteiger partial charge on any atom is 0.259 e. The summed E-state index contributed by atoms with van der Waals surface area (Å²) in [5.74, 6) is 2.13. The van der Waals surface area contributed by atoms with Gasteiger partial charge in [-0.1, -0.05) is 35.5 Å². The van der Waals surface area contributed by atoms with Gasteiger partial charge in [0.25, 0.3) is 5.89 Å². The lowest BCUT2D eigenvalue weighted by Gasteiger charge is -2.30. The second-order valence-electron chi connectivity index (χ2n) is 6.62. The van der Waals surface area contributed by atoms with Gasteiger partial charge in [-0.25, -0.2) is 4.98 Å². The van der Waals surface area contributed by atoms with Crippen LogP contribution in [0.4, 0.5) is 5.82 Å². The minimum atomic E-state index is -0.182. The minimum Gasteiger partial charge on any atom is -0.393 e. The molecule has 3 aromatic rings. The Hall–Kier alpha value is -2.73. The standard InChI is InChI=1S/C20H22N4O2/c25-17-10-12-24(13-11-17)19-9-7-16(14-21-19)20-22-18(23-26-20)8-6-15-4-2-1-3-5-15/h1-5,7,9,14,17,25H,6,8,10-13H2. The van der Waals surface area contributed by atoms with Crippen molar-refractivity contribution in [3.8, 4) is 11.5 Å². The van der Waals surface area contributed by atoms with Gasteiger partial charge in [0.15, 0.2) is 5.82 Å². The van der Waals surface area contributed by atoms with E-state index < -0.39 is 0 Å². The molecule has 134 valence electrons. The highest BCUT2D eigenvalue weighted by Gasteiger charge is 2.18. The molecule has 0 atom stereocenters. The van der Waals surface area contributed by atoms with Crippen molar-refractivity contribution in [2.45, 2.75) is 31.8 Å². The maximum absolute atomic E-state index is 9.61. The topological polar surface area (TPSA) is 75.3 Å². The zero-order valence-electron chi connectivity index (χ0n) is 14.6. The Balaban J connectivity index is 1.39. The van der Waals surface area contributed by atoms with Gasteiger partial charge in [-0.2, -0.15) is 4.98 Å². The molecule has 0 aliphatic carbocycles. The molecular weight excluding hydrogens is 328 g/mol. The highest BCUT2D eigenvalue weighted by molar-refractivity contribution is 5.54. The van der Waals surface area contributed by atoms with E-state index >= 15 is 0 Å². The molecule has 1 fully saturated rings. The average Bonchev–Trinajstić information content (AvgIpc) is 3.17. The van der Waals surface area contributed by atoms with Crippen LogP contribution < -0.4 is 4.90 Å². The summed E-state index contributed by atoms with van der Waals surface area (Å²) >= 11 is 0. The van der Waals surface area contributed by atoms with Gasteiger partial charge < -0.3 is 14.5 Å². The highest BCUT2D eigenvalue weighted by atomic mass is 16.5. The summed E-state index contributed by atoms with van der Waals surface area (Å²) in [4.78, 5) is 11.2. The smallest absolute Gasteiger partial charge is 0.259 e. The van der Waals surface area contributed by atoms with Crippen molar-refractivity contribution in [3.63, 3.8) is 0 Å². The van der Waals surface area contributed by atoms with E-state index in [0.717, 1.165) is 50.2 Å². The van der Waals surface area contributed by atoms with Gasteiger partial charge in [-0.3, -0.25) is 0 Å². The molecule has 4 rings (SSSR count). The molecule has 6 nitrogen and oxygen atoms in total. The minimum absolute atomic E-state index is 0.182. The molecule has 6 heteroatoms. The molecule has 1 aromatic carbocycles. The fourth-order valence-electron chi connectivity index (χ4n) is 3.17. The highest BCUT2D eigenvalue weighted by Crippen LogP contribution is 2.22. The van der Waals surface area contributed by atoms with Crippen LogP contribution in [0.2, 0.25) is 0 Å². The largest absolute Gasteiger partial charge is 0.393 e. The van der Waals surface area contributed by atoms with Crippen LogP contribution in [0.5, 0.6) is 0 Å². The molecule has 1 saturated heterocycles. The van der Waals surface area contributed by atoms with E-state index in [2.05, 4.69) is 32.2 Å². The van der Waals surface area contributed by atoms with E-state index in [0.29, 0.717) is 11.7 Å². The van der Waals surface area contributed by atoms with Gasteiger partial charge in [0.1, 0.15) is 5.82 Å². The second kappa shape index (κ2) is 7.66. The Morgan fingerprint density at radius 1 is 1.04 bits per heavy atom. The van der Waals surface area contributed by atoms with Gasteiger partial charge in [-0.15, -0.1) is 0 Å². The molecule has 0 radical (unpaired) electrons. The van der Waals surface area contributed by atoms with E-state index in [-0.39, 0.29) is 6.10 Å². The SMILES string of the molecule is OC1CCN(c2ccc(-c3nc(CCc4ccccc4)no3)cn2)CC1. The Morgan fingerprint density at radius 3 is 2.58 bits per heavy atom. The molecule has 26 heavy (non-hydrogen) atoms. The number of aliphatic hydroxyl groups excluding tert-OH is 1. The van der Waals surface area contributed by atoms with Crippen molar-refractivity contribution in [2.24, 2.45) is 0 Å². The van der Waals surface area contributed by atoms with Crippen LogP contribution >= 0.6 is 0 Å². The molecule has 0 saturated carbocycles. The number of aryl methyl sites for hydroxylation is 2. The molecule has 1 aliphatic heterocycles. The number of aromatic nitrogens is 3. The summed E-state index contributed by atoms with van der Waals surface area (Å²) in [7, 11) is 0. The van der Waals surface area contributed by atoms with E-state index in [4.69, 9.17) is 4.52 Å². The first-order valence-electron chi connectivity index (χ1n) is 9.04. The summed E-state index contributed by atoms with van der Waals surface area (Å²) in [5, 5.41) is 13.7. The van der Waals surface area contributed by atoms with E-state index in [1.807, 2.05) is 30.3 Å². The Labute approximate surface area is 152 Å². The van der Waals surface area contributed by atoms with Gasteiger partial charge in [0.2, 0.25) is 0 Å². The Morgan fingerprint density at radius 2 is 1.85 bits per heavy atom. The van der Waals surface area contributed by atoms with Crippen LogP contribution in [0.1, 0.15) is 24.2 Å². The van der Waals surface area contributed by atoms with Crippen LogP contribution in [0, 0.1) is 0 Å². The number of benzene rings is 1. The third-order valence-electron chi connectivity index (χ3n) is 4.73. The number of nitrogens with zero attached hydrogens (tertiary/aromatic N) is 4. The van der Waals surface area contributed by atoms with Gasteiger partial charge in [0.05, 0.1) is 11.7 Å². The predicted octanol–water partition coefficient (Wildman–Crippen LogP) is 2.88. The van der Waals surface area contributed by atoms with Gasteiger partial charge in [0, 0.05) is 25.7 Å². The van der Waals surface area contributed by atoms with Crippen molar-refractivity contribution in [2.75, 3.05) is 18.0 Å². The number of anilines is 1. The number of pyridine rings is 1. The normalized spacial score (nSPS) is 15.3. The van der Waals surface area contributed by atoms with Gasteiger partial charge >= 0.3 is 0 Å². The van der Waals surface area contributed by atoms with Crippen molar-refractivity contribution in [1.29, 1.82) is 0 Å². The molecule has 1 N–H and O–H groups in total. The zero-order valence-corrected chi connectivity index (χ0v) is 14.6. The van der Waals surface area contributed by atoms with Crippen molar-refractivity contribution < 1.29 is 9.63 Å². The fourth-order valence-corrected chi connectivity index (χ4v) is 3.17. The van der Waals surface area contributed by atoms with E-state index in [1.54, 1.807) is 6.20 Å². The lowest BCUT2D eigenvalue weighted by Crippen LogP contribution is -2.36. The monoisotopic (exact) mass is 350 g/mol. The third kappa shape index (κ3) is 3.91. The van der Waals surface area contributed by atoms with Crippen LogP contribution in [0.25, 0.3) is 11.5 Å². The number of hydrogen-bond acceptors (Lipinski definition) is 6. The molecule has 0 spiro atoms. The Kier molecular flexibility index (Phi) is 4.93. The van der Waals surface area contributed by atoms with Crippen LogP contribution in [0.15, 0.2) is 53.2 Å². The second-order valence-corrected chi connectivity index (χ2v) is 6.62. The first kappa shape index (κ1) is 16.7. The molecule has 3 heterocycles. The van der Waals surface area contributed by atoms with Crippen molar-refractivity contribution in [3.05, 3.63) is 60.0 Å².